The Morgan fingerprint density at radius 3 is 2.76 bits per heavy atom. The number of esters is 2. The molecule has 0 unspecified atom stereocenters. The first-order valence-electron chi connectivity index (χ1n) is 8.31. The third-order valence-electron chi connectivity index (χ3n) is 4.12. The van der Waals surface area contributed by atoms with Gasteiger partial charge in [-0.05, 0) is 44.2 Å². The van der Waals surface area contributed by atoms with Crippen molar-refractivity contribution < 1.29 is 23.9 Å². The maximum absolute atomic E-state index is 12.3. The van der Waals surface area contributed by atoms with Gasteiger partial charge in [-0.15, -0.1) is 11.3 Å². The van der Waals surface area contributed by atoms with Gasteiger partial charge in [-0.3, -0.25) is 0 Å². The molecule has 0 saturated heterocycles. The van der Waals surface area contributed by atoms with Crippen LogP contribution in [0.3, 0.4) is 0 Å². The number of aryl methyl sites for hydroxylation is 2. The van der Waals surface area contributed by atoms with Gasteiger partial charge in [0.1, 0.15) is 11.5 Å². The van der Waals surface area contributed by atoms with E-state index < -0.39 is 18.0 Å². The van der Waals surface area contributed by atoms with Crippen LogP contribution in [0.2, 0.25) is 0 Å². The Hall–Kier alpha value is -2.35. The summed E-state index contributed by atoms with van der Waals surface area (Å²) in [6.45, 7) is 1.80. The van der Waals surface area contributed by atoms with Gasteiger partial charge in [0.25, 0.3) is 0 Å². The van der Waals surface area contributed by atoms with Gasteiger partial charge in [0.05, 0.1) is 24.4 Å². The standard InChI is InChI=1S/C17H20N2O5S/c1-2-23-15(20)11-8-18-17(22)19-12(11)9-24-16(21)14-7-10-5-3-4-6-13(10)25-14/h7H,2-6,8-9H2,1H3,(H2,18,19,22). The van der Waals surface area contributed by atoms with E-state index in [0.29, 0.717) is 4.88 Å². The summed E-state index contributed by atoms with van der Waals surface area (Å²) in [6, 6.07) is 1.45. The highest BCUT2D eigenvalue weighted by molar-refractivity contribution is 7.14. The smallest absolute Gasteiger partial charge is 0.348 e. The van der Waals surface area contributed by atoms with Crippen LogP contribution >= 0.6 is 11.3 Å². The highest BCUT2D eigenvalue weighted by Crippen LogP contribution is 2.30. The summed E-state index contributed by atoms with van der Waals surface area (Å²) >= 11 is 1.46. The van der Waals surface area contributed by atoms with Crippen molar-refractivity contribution in [1.29, 1.82) is 0 Å². The third-order valence-corrected chi connectivity index (χ3v) is 5.34. The lowest BCUT2D eigenvalue weighted by atomic mass is 9.99. The Morgan fingerprint density at radius 2 is 2.00 bits per heavy atom. The molecular weight excluding hydrogens is 344 g/mol. The lowest BCUT2D eigenvalue weighted by Crippen LogP contribution is -2.45. The molecular formula is C17H20N2O5S. The first-order chi connectivity index (χ1) is 12.1. The predicted octanol–water partition coefficient (Wildman–Crippen LogP) is 1.91. The first kappa shape index (κ1) is 17.5. The number of nitrogens with one attached hydrogen (secondary N) is 2. The van der Waals surface area contributed by atoms with Crippen molar-refractivity contribution in [3.8, 4) is 0 Å². The molecule has 2 heterocycles. The Morgan fingerprint density at radius 1 is 1.20 bits per heavy atom. The van der Waals surface area contributed by atoms with E-state index >= 15 is 0 Å². The lowest BCUT2D eigenvalue weighted by Gasteiger charge is -2.20. The summed E-state index contributed by atoms with van der Waals surface area (Å²) in [6.07, 6.45) is 4.30. The van der Waals surface area contributed by atoms with Crippen molar-refractivity contribution in [2.24, 2.45) is 0 Å². The number of carbonyl (C=O) groups is 3. The fourth-order valence-electron chi connectivity index (χ4n) is 2.87. The quantitative estimate of drug-likeness (QED) is 0.779. The third kappa shape index (κ3) is 4.01. The van der Waals surface area contributed by atoms with Crippen molar-refractivity contribution in [2.75, 3.05) is 19.8 Å². The van der Waals surface area contributed by atoms with E-state index in [9.17, 15) is 14.4 Å². The second-order valence-corrected chi connectivity index (χ2v) is 6.96. The van der Waals surface area contributed by atoms with Gasteiger partial charge in [-0.2, -0.15) is 0 Å². The van der Waals surface area contributed by atoms with Gasteiger partial charge in [0.2, 0.25) is 0 Å². The van der Waals surface area contributed by atoms with Crippen LogP contribution < -0.4 is 10.6 Å². The van der Waals surface area contributed by atoms with Crippen molar-refractivity contribution >= 4 is 29.3 Å². The van der Waals surface area contributed by atoms with Crippen LogP contribution in [0.1, 0.15) is 39.9 Å². The number of ether oxygens (including phenoxy) is 2. The summed E-state index contributed by atoms with van der Waals surface area (Å²) in [4.78, 5) is 37.6. The molecule has 8 heteroatoms. The lowest BCUT2D eigenvalue weighted by molar-refractivity contribution is -0.138. The SMILES string of the molecule is CCOC(=O)C1=C(COC(=O)c2cc3c(s2)CCCC3)NC(=O)NC1. The van der Waals surface area contributed by atoms with Gasteiger partial charge < -0.3 is 20.1 Å². The number of hydrogen-bond donors (Lipinski definition) is 2. The molecule has 2 amide bonds. The number of fused-ring (bicyclic) bond motifs is 1. The molecule has 0 spiro atoms. The van der Waals surface area contributed by atoms with Crippen molar-refractivity contribution in [3.63, 3.8) is 0 Å². The highest BCUT2D eigenvalue weighted by atomic mass is 32.1. The maximum atomic E-state index is 12.3. The van der Waals surface area contributed by atoms with E-state index in [-0.39, 0.29) is 31.0 Å². The minimum absolute atomic E-state index is 0.0465. The van der Waals surface area contributed by atoms with E-state index in [1.54, 1.807) is 6.92 Å². The molecule has 0 atom stereocenters. The molecule has 3 rings (SSSR count). The minimum atomic E-state index is -0.535. The van der Waals surface area contributed by atoms with E-state index in [1.807, 2.05) is 6.07 Å². The highest BCUT2D eigenvalue weighted by Gasteiger charge is 2.25. The molecule has 2 aliphatic rings. The first-order valence-corrected chi connectivity index (χ1v) is 9.12. The van der Waals surface area contributed by atoms with Gasteiger partial charge in [-0.25, -0.2) is 14.4 Å². The number of amides is 2. The summed E-state index contributed by atoms with van der Waals surface area (Å²) in [7, 11) is 0. The fraction of sp³-hybridized carbons (Fsp3) is 0.471. The Bertz CT molecular complexity index is 714. The van der Waals surface area contributed by atoms with Crippen LogP contribution in [0, 0.1) is 0 Å². The second kappa shape index (κ2) is 7.69. The summed E-state index contributed by atoms with van der Waals surface area (Å²) < 4.78 is 10.3. The molecule has 0 fully saturated rings. The van der Waals surface area contributed by atoms with Crippen LogP contribution in [0.25, 0.3) is 0 Å². The molecule has 25 heavy (non-hydrogen) atoms. The van der Waals surface area contributed by atoms with Crippen LogP contribution in [-0.4, -0.2) is 37.7 Å². The number of hydrogen-bond acceptors (Lipinski definition) is 6. The molecule has 0 saturated carbocycles. The molecule has 1 aliphatic carbocycles. The van der Waals surface area contributed by atoms with Crippen LogP contribution in [0.5, 0.6) is 0 Å². The second-order valence-electron chi connectivity index (χ2n) is 5.83. The molecule has 0 aromatic carbocycles. The van der Waals surface area contributed by atoms with Gasteiger partial charge in [0, 0.05) is 4.88 Å². The maximum Gasteiger partial charge on any atom is 0.348 e. The fourth-order valence-corrected chi connectivity index (χ4v) is 4.02. The largest absolute Gasteiger partial charge is 0.463 e. The molecule has 7 nitrogen and oxygen atoms in total. The Balaban J connectivity index is 1.69. The van der Waals surface area contributed by atoms with E-state index in [1.165, 1.54) is 21.8 Å². The number of carbonyl (C=O) groups excluding carboxylic acids is 3. The molecule has 1 aromatic rings. The van der Waals surface area contributed by atoms with Gasteiger partial charge in [0.15, 0.2) is 0 Å². The summed E-state index contributed by atoms with van der Waals surface area (Å²) in [5.74, 6) is -0.976. The molecule has 0 bridgehead atoms. The minimum Gasteiger partial charge on any atom is -0.463 e. The number of urea groups is 1. The predicted molar refractivity (Wildman–Crippen MR) is 91.4 cm³/mol. The molecule has 2 N–H and O–H groups in total. The van der Waals surface area contributed by atoms with Crippen LogP contribution in [-0.2, 0) is 27.1 Å². The summed E-state index contributed by atoms with van der Waals surface area (Å²) in [5, 5.41) is 5.02. The topological polar surface area (TPSA) is 93.7 Å². The van der Waals surface area contributed by atoms with E-state index in [0.717, 1.165) is 25.7 Å². The number of rotatable bonds is 5. The molecule has 1 aliphatic heterocycles. The van der Waals surface area contributed by atoms with Crippen LogP contribution in [0.4, 0.5) is 4.79 Å². The normalized spacial score (nSPS) is 16.6. The molecule has 0 radical (unpaired) electrons. The molecule has 134 valence electrons. The van der Waals surface area contributed by atoms with E-state index in [2.05, 4.69) is 10.6 Å². The van der Waals surface area contributed by atoms with Crippen LogP contribution in [0.15, 0.2) is 17.3 Å². The average Bonchev–Trinajstić information content (AvgIpc) is 3.04. The van der Waals surface area contributed by atoms with Crippen molar-refractivity contribution in [3.05, 3.63) is 32.7 Å². The van der Waals surface area contributed by atoms with E-state index in [4.69, 9.17) is 9.47 Å². The zero-order valence-corrected chi connectivity index (χ0v) is 14.8. The summed E-state index contributed by atoms with van der Waals surface area (Å²) in [5.41, 5.74) is 1.75. The zero-order valence-electron chi connectivity index (χ0n) is 14.0. The zero-order chi connectivity index (χ0) is 17.8. The Kier molecular flexibility index (Phi) is 5.37. The average molecular weight is 364 g/mol. The van der Waals surface area contributed by atoms with Crippen molar-refractivity contribution in [1.82, 2.24) is 10.6 Å². The van der Waals surface area contributed by atoms with Gasteiger partial charge in [-0.1, -0.05) is 0 Å². The Labute approximate surface area is 149 Å². The van der Waals surface area contributed by atoms with Crippen molar-refractivity contribution in [2.45, 2.75) is 32.6 Å². The molecule has 1 aromatic heterocycles. The monoisotopic (exact) mass is 364 g/mol. The number of thiophene rings is 1. The van der Waals surface area contributed by atoms with Gasteiger partial charge >= 0.3 is 18.0 Å².